The first-order valence-corrected chi connectivity index (χ1v) is 5.12. The van der Waals surface area contributed by atoms with Gasteiger partial charge in [0.25, 0.3) is 0 Å². The minimum Gasteiger partial charge on any atom is -0.358 e. The summed E-state index contributed by atoms with van der Waals surface area (Å²) < 4.78 is 15.1. The first-order chi connectivity index (χ1) is 7.61. The zero-order valence-electron chi connectivity index (χ0n) is 9.58. The van der Waals surface area contributed by atoms with E-state index in [0.29, 0.717) is 5.56 Å². The predicted molar refractivity (Wildman–Crippen MR) is 62.5 cm³/mol. The lowest BCUT2D eigenvalue weighted by Gasteiger charge is -2.08. The Hall–Kier alpha value is -1.84. The Morgan fingerprint density at radius 3 is 2.69 bits per heavy atom. The second-order valence-corrected chi connectivity index (χ2v) is 3.76. The molecule has 84 valence electrons. The molecule has 0 amide bonds. The number of hydrogen-bond donors (Lipinski definition) is 1. The quantitative estimate of drug-likeness (QED) is 0.841. The monoisotopic (exact) mass is 219 g/mol. The lowest BCUT2D eigenvalue weighted by molar-refractivity contribution is 0.618. The Bertz CT molecular complexity index is 517. The van der Waals surface area contributed by atoms with E-state index < -0.39 is 0 Å². The number of anilines is 1. The number of imidazole rings is 1. The van der Waals surface area contributed by atoms with Gasteiger partial charge in [-0.2, -0.15) is 0 Å². The second-order valence-electron chi connectivity index (χ2n) is 3.76. The van der Waals surface area contributed by atoms with E-state index in [-0.39, 0.29) is 5.82 Å². The average Bonchev–Trinajstić information content (AvgIpc) is 2.63. The van der Waals surface area contributed by atoms with E-state index in [1.165, 1.54) is 6.07 Å². The highest BCUT2D eigenvalue weighted by Crippen LogP contribution is 2.18. The number of hydrogen-bond acceptors (Lipinski definition) is 2. The van der Waals surface area contributed by atoms with Crippen LogP contribution in [-0.4, -0.2) is 16.6 Å². The highest BCUT2D eigenvalue weighted by atomic mass is 19.1. The molecule has 2 rings (SSSR count). The molecule has 1 N–H and O–H groups in total. The van der Waals surface area contributed by atoms with E-state index in [1.807, 2.05) is 24.7 Å². The van der Waals surface area contributed by atoms with Crippen LogP contribution in [0, 0.1) is 19.7 Å². The third kappa shape index (κ3) is 1.78. The molecular weight excluding hydrogens is 205 g/mol. The summed E-state index contributed by atoms with van der Waals surface area (Å²) >= 11 is 0. The minimum atomic E-state index is -0.188. The van der Waals surface area contributed by atoms with Gasteiger partial charge in [-0.25, -0.2) is 9.37 Å². The van der Waals surface area contributed by atoms with Crippen LogP contribution >= 0.6 is 0 Å². The summed E-state index contributed by atoms with van der Waals surface area (Å²) in [4.78, 5) is 4.32. The van der Waals surface area contributed by atoms with Crippen LogP contribution in [0.4, 0.5) is 10.3 Å². The van der Waals surface area contributed by atoms with Gasteiger partial charge in [-0.15, -0.1) is 0 Å². The molecule has 0 bridgehead atoms. The van der Waals surface area contributed by atoms with Crippen LogP contribution in [0.1, 0.15) is 11.3 Å². The maximum atomic E-state index is 13.2. The van der Waals surface area contributed by atoms with E-state index in [2.05, 4.69) is 10.3 Å². The molecule has 0 atom stereocenters. The van der Waals surface area contributed by atoms with Crippen LogP contribution in [0.2, 0.25) is 0 Å². The van der Waals surface area contributed by atoms with E-state index in [9.17, 15) is 4.39 Å². The summed E-state index contributed by atoms with van der Waals surface area (Å²) in [5.74, 6) is 0.565. The van der Waals surface area contributed by atoms with Crippen molar-refractivity contribution in [3.63, 3.8) is 0 Å². The molecule has 0 aliphatic heterocycles. The SMILES string of the molecule is CNc1nc(C)cn1-c1ccc(F)c(C)c1. The fourth-order valence-corrected chi connectivity index (χ4v) is 1.65. The minimum absolute atomic E-state index is 0.188. The Morgan fingerprint density at radius 2 is 2.06 bits per heavy atom. The molecule has 16 heavy (non-hydrogen) atoms. The smallest absolute Gasteiger partial charge is 0.207 e. The third-order valence-corrected chi connectivity index (χ3v) is 2.47. The molecule has 0 saturated carbocycles. The van der Waals surface area contributed by atoms with Crippen LogP contribution in [0.15, 0.2) is 24.4 Å². The molecule has 2 aromatic rings. The van der Waals surface area contributed by atoms with Crippen LogP contribution in [0.3, 0.4) is 0 Å². The second kappa shape index (κ2) is 3.96. The molecule has 0 fully saturated rings. The first kappa shape index (κ1) is 10.7. The Morgan fingerprint density at radius 1 is 1.31 bits per heavy atom. The number of halogens is 1. The van der Waals surface area contributed by atoms with Gasteiger partial charge >= 0.3 is 0 Å². The summed E-state index contributed by atoms with van der Waals surface area (Å²) in [5, 5.41) is 3.01. The van der Waals surface area contributed by atoms with Crippen molar-refractivity contribution in [3.05, 3.63) is 41.5 Å². The number of aromatic nitrogens is 2. The molecule has 0 unspecified atom stereocenters. The van der Waals surface area contributed by atoms with Crippen LogP contribution in [0.5, 0.6) is 0 Å². The third-order valence-electron chi connectivity index (χ3n) is 2.47. The van der Waals surface area contributed by atoms with Crippen LogP contribution in [-0.2, 0) is 0 Å². The first-order valence-electron chi connectivity index (χ1n) is 5.12. The molecule has 0 saturated heterocycles. The summed E-state index contributed by atoms with van der Waals surface area (Å²) in [6.45, 7) is 3.68. The molecule has 1 aromatic heterocycles. The van der Waals surface area contributed by atoms with Crippen molar-refractivity contribution in [2.45, 2.75) is 13.8 Å². The summed E-state index contributed by atoms with van der Waals surface area (Å²) in [6.07, 6.45) is 1.92. The van der Waals surface area contributed by atoms with Gasteiger partial charge in [0.1, 0.15) is 5.82 Å². The molecule has 0 aliphatic rings. The van der Waals surface area contributed by atoms with Gasteiger partial charge in [0.05, 0.1) is 5.69 Å². The maximum Gasteiger partial charge on any atom is 0.207 e. The van der Waals surface area contributed by atoms with Crippen molar-refractivity contribution in [1.82, 2.24) is 9.55 Å². The molecule has 1 heterocycles. The fourth-order valence-electron chi connectivity index (χ4n) is 1.65. The number of rotatable bonds is 2. The van der Waals surface area contributed by atoms with Gasteiger partial charge in [0.15, 0.2) is 0 Å². The molecule has 1 aromatic carbocycles. The zero-order valence-corrected chi connectivity index (χ0v) is 9.58. The van der Waals surface area contributed by atoms with Gasteiger partial charge in [-0.05, 0) is 37.6 Å². The van der Waals surface area contributed by atoms with Crippen LogP contribution in [0.25, 0.3) is 5.69 Å². The predicted octanol–water partition coefficient (Wildman–Crippen LogP) is 2.67. The summed E-state index contributed by atoms with van der Waals surface area (Å²) in [5.41, 5.74) is 2.46. The number of nitrogens with zero attached hydrogens (tertiary/aromatic N) is 2. The normalized spacial score (nSPS) is 10.5. The largest absolute Gasteiger partial charge is 0.358 e. The van der Waals surface area contributed by atoms with E-state index in [4.69, 9.17) is 0 Å². The van der Waals surface area contributed by atoms with Crippen molar-refractivity contribution in [1.29, 1.82) is 0 Å². The van der Waals surface area contributed by atoms with Gasteiger partial charge in [0.2, 0.25) is 5.95 Å². The number of benzene rings is 1. The highest BCUT2D eigenvalue weighted by molar-refractivity contribution is 5.44. The Kier molecular flexibility index (Phi) is 2.64. The zero-order chi connectivity index (χ0) is 11.7. The standard InChI is InChI=1S/C12H14FN3/c1-8-6-10(4-5-11(8)13)16-7-9(2)15-12(16)14-3/h4-7H,1-3H3,(H,14,15). The maximum absolute atomic E-state index is 13.2. The lowest BCUT2D eigenvalue weighted by atomic mass is 10.2. The van der Waals surface area contributed by atoms with E-state index >= 15 is 0 Å². The molecule has 0 aliphatic carbocycles. The molecular formula is C12H14FN3. The van der Waals surface area contributed by atoms with Crippen molar-refractivity contribution in [2.24, 2.45) is 0 Å². The van der Waals surface area contributed by atoms with Gasteiger partial charge in [-0.1, -0.05) is 0 Å². The van der Waals surface area contributed by atoms with Gasteiger partial charge < -0.3 is 5.32 Å². The van der Waals surface area contributed by atoms with E-state index in [1.54, 1.807) is 19.1 Å². The van der Waals surface area contributed by atoms with Gasteiger partial charge in [0, 0.05) is 18.9 Å². The van der Waals surface area contributed by atoms with Crippen molar-refractivity contribution in [3.8, 4) is 5.69 Å². The molecule has 0 radical (unpaired) electrons. The van der Waals surface area contributed by atoms with Crippen LogP contribution < -0.4 is 5.32 Å². The van der Waals surface area contributed by atoms with Crippen molar-refractivity contribution >= 4 is 5.95 Å². The Labute approximate surface area is 93.9 Å². The highest BCUT2D eigenvalue weighted by Gasteiger charge is 2.07. The molecule has 4 heteroatoms. The Balaban J connectivity index is 2.53. The number of nitrogens with one attached hydrogen (secondary N) is 1. The molecule has 0 spiro atoms. The summed E-state index contributed by atoms with van der Waals surface area (Å²) in [6, 6.07) is 5.01. The number of aryl methyl sites for hydroxylation is 2. The average molecular weight is 219 g/mol. The van der Waals surface area contributed by atoms with Crippen molar-refractivity contribution in [2.75, 3.05) is 12.4 Å². The topological polar surface area (TPSA) is 29.9 Å². The van der Waals surface area contributed by atoms with Gasteiger partial charge in [-0.3, -0.25) is 4.57 Å². The van der Waals surface area contributed by atoms with Crippen molar-refractivity contribution < 1.29 is 4.39 Å². The van der Waals surface area contributed by atoms with E-state index in [0.717, 1.165) is 17.3 Å². The fraction of sp³-hybridized carbons (Fsp3) is 0.250. The molecule has 3 nitrogen and oxygen atoms in total. The lowest BCUT2D eigenvalue weighted by Crippen LogP contribution is -2.01. The summed E-state index contributed by atoms with van der Waals surface area (Å²) in [7, 11) is 1.81.